The van der Waals surface area contributed by atoms with E-state index < -0.39 is 0 Å². The Morgan fingerprint density at radius 1 is 1.21 bits per heavy atom. The third-order valence-electron chi connectivity index (χ3n) is 5.64. The van der Waals surface area contributed by atoms with Gasteiger partial charge in [-0.1, -0.05) is 29.8 Å². The molecule has 3 N–H and O–H groups in total. The van der Waals surface area contributed by atoms with Gasteiger partial charge in [0.25, 0.3) is 0 Å². The van der Waals surface area contributed by atoms with Gasteiger partial charge in [-0.3, -0.25) is 0 Å². The Labute approximate surface area is 175 Å². The average Bonchev–Trinajstić information content (AvgIpc) is 2.93. The molecule has 1 saturated heterocycles. The maximum absolute atomic E-state index is 6.36. The fourth-order valence-electron chi connectivity index (χ4n) is 3.89. The van der Waals surface area contributed by atoms with Gasteiger partial charge in [0.05, 0.1) is 24.3 Å². The molecule has 150 valence electrons. The van der Waals surface area contributed by atoms with Crippen LogP contribution in [0.5, 0.6) is 0 Å². The molecule has 5 nitrogen and oxygen atoms in total. The summed E-state index contributed by atoms with van der Waals surface area (Å²) in [5.41, 5.74) is 10.8. The molecular formula is C23H26N4OS. The van der Waals surface area contributed by atoms with Crippen molar-refractivity contribution in [3.05, 3.63) is 59.7 Å². The van der Waals surface area contributed by atoms with Gasteiger partial charge in [0.15, 0.2) is 0 Å². The molecule has 0 amide bonds. The van der Waals surface area contributed by atoms with Crippen LogP contribution in [-0.4, -0.2) is 42.6 Å². The summed E-state index contributed by atoms with van der Waals surface area (Å²) < 4.78 is 5.31. The minimum Gasteiger partial charge on any atom is -0.382 e. The normalized spacial score (nSPS) is 18.1. The number of nitrogens with zero attached hydrogens (tertiary/aromatic N) is 2. The molecule has 3 aromatic rings. The van der Waals surface area contributed by atoms with E-state index in [1.807, 2.05) is 11.8 Å². The van der Waals surface area contributed by atoms with Crippen molar-refractivity contribution in [3.63, 3.8) is 0 Å². The van der Waals surface area contributed by atoms with Crippen molar-refractivity contribution in [1.29, 1.82) is 0 Å². The summed E-state index contributed by atoms with van der Waals surface area (Å²) in [6.45, 7) is 5.87. The molecule has 5 rings (SSSR count). The van der Waals surface area contributed by atoms with Gasteiger partial charge in [0.1, 0.15) is 5.82 Å². The number of fused-ring (bicyclic) bond motifs is 2. The van der Waals surface area contributed by atoms with Gasteiger partial charge in [-0.2, -0.15) is 0 Å². The average molecular weight is 407 g/mol. The van der Waals surface area contributed by atoms with Crippen molar-refractivity contribution < 1.29 is 4.74 Å². The molecular weight excluding hydrogens is 380 g/mol. The minimum atomic E-state index is -0.280. The van der Waals surface area contributed by atoms with Crippen LogP contribution in [0.1, 0.15) is 11.1 Å². The number of pyridine rings is 1. The number of hydrogen-bond donors (Lipinski definition) is 2. The molecule has 1 aromatic heterocycles. The van der Waals surface area contributed by atoms with Crippen LogP contribution < -0.4 is 16.0 Å². The monoisotopic (exact) mass is 406 g/mol. The van der Waals surface area contributed by atoms with Gasteiger partial charge in [0.2, 0.25) is 0 Å². The third-order valence-corrected chi connectivity index (χ3v) is 6.73. The van der Waals surface area contributed by atoms with E-state index >= 15 is 0 Å². The van der Waals surface area contributed by atoms with Crippen molar-refractivity contribution in [2.45, 2.75) is 23.9 Å². The van der Waals surface area contributed by atoms with E-state index in [9.17, 15) is 0 Å². The zero-order chi connectivity index (χ0) is 19.8. The fraction of sp³-hybridized carbons (Fsp3) is 0.348. The highest BCUT2D eigenvalue weighted by molar-refractivity contribution is 7.99. The molecule has 0 bridgehead atoms. The Balaban J connectivity index is 1.51. The summed E-state index contributed by atoms with van der Waals surface area (Å²) >= 11 is 1.93. The van der Waals surface area contributed by atoms with E-state index in [1.165, 1.54) is 16.0 Å². The topological polar surface area (TPSA) is 63.4 Å². The number of anilines is 2. The van der Waals surface area contributed by atoms with Crippen LogP contribution in [0.15, 0.2) is 53.4 Å². The molecule has 2 aliphatic heterocycles. The molecule has 2 aliphatic rings. The number of benzene rings is 2. The molecule has 0 atom stereocenters. The van der Waals surface area contributed by atoms with E-state index in [-0.39, 0.29) is 5.54 Å². The Hall–Kier alpha value is -2.28. The maximum Gasteiger partial charge on any atom is 0.131 e. The van der Waals surface area contributed by atoms with Crippen LogP contribution in [0.2, 0.25) is 0 Å². The van der Waals surface area contributed by atoms with Crippen LogP contribution in [0.25, 0.3) is 10.9 Å². The maximum atomic E-state index is 6.36. The Bertz CT molecular complexity index is 1050. The molecule has 29 heavy (non-hydrogen) atoms. The minimum absolute atomic E-state index is 0.280. The number of aromatic nitrogens is 1. The van der Waals surface area contributed by atoms with Crippen LogP contribution >= 0.6 is 11.8 Å². The van der Waals surface area contributed by atoms with Crippen molar-refractivity contribution in [3.8, 4) is 0 Å². The Kier molecular flexibility index (Phi) is 4.86. The molecule has 0 saturated carbocycles. The number of aryl methyl sites for hydroxylation is 1. The lowest BCUT2D eigenvalue weighted by atomic mass is 9.99. The second-order valence-electron chi connectivity index (χ2n) is 8.14. The lowest BCUT2D eigenvalue weighted by Gasteiger charge is -2.38. The van der Waals surface area contributed by atoms with E-state index in [2.05, 4.69) is 65.7 Å². The third kappa shape index (κ3) is 3.80. The van der Waals surface area contributed by atoms with E-state index in [1.54, 1.807) is 0 Å². The van der Waals surface area contributed by atoms with Gasteiger partial charge < -0.3 is 20.7 Å². The lowest BCUT2D eigenvalue weighted by Crippen LogP contribution is -2.61. The highest BCUT2D eigenvalue weighted by Crippen LogP contribution is 2.33. The predicted octanol–water partition coefficient (Wildman–Crippen LogP) is 3.80. The summed E-state index contributed by atoms with van der Waals surface area (Å²) in [6.07, 6.45) is 0. The molecule has 0 unspecified atom stereocenters. The van der Waals surface area contributed by atoms with E-state index in [4.69, 9.17) is 15.5 Å². The number of nitrogens with one attached hydrogen (secondary N) is 1. The van der Waals surface area contributed by atoms with Crippen molar-refractivity contribution >= 4 is 34.2 Å². The first kappa shape index (κ1) is 18.7. The summed E-state index contributed by atoms with van der Waals surface area (Å²) in [6, 6.07) is 17.3. The number of hydrogen-bond acceptors (Lipinski definition) is 6. The first-order valence-electron chi connectivity index (χ1n) is 10.1. The first-order chi connectivity index (χ1) is 14.1. The predicted molar refractivity (Wildman–Crippen MR) is 121 cm³/mol. The van der Waals surface area contributed by atoms with E-state index in [0.717, 1.165) is 41.3 Å². The Morgan fingerprint density at radius 3 is 2.90 bits per heavy atom. The van der Waals surface area contributed by atoms with Gasteiger partial charge in [-0.05, 0) is 30.7 Å². The molecule has 0 aliphatic carbocycles. The second-order valence-corrected chi connectivity index (χ2v) is 9.27. The quantitative estimate of drug-likeness (QED) is 0.687. The van der Waals surface area contributed by atoms with Gasteiger partial charge in [-0.25, -0.2) is 4.98 Å². The summed E-state index contributed by atoms with van der Waals surface area (Å²) in [4.78, 5) is 8.77. The summed E-state index contributed by atoms with van der Waals surface area (Å²) in [5.74, 6) is 2.06. The van der Waals surface area contributed by atoms with Gasteiger partial charge in [-0.15, -0.1) is 11.8 Å². The molecule has 2 aromatic carbocycles. The van der Waals surface area contributed by atoms with Crippen molar-refractivity contribution in [1.82, 2.24) is 4.98 Å². The van der Waals surface area contributed by atoms with Crippen LogP contribution in [-0.2, 0) is 11.3 Å². The highest BCUT2D eigenvalue weighted by atomic mass is 32.2. The van der Waals surface area contributed by atoms with Crippen molar-refractivity contribution in [2.24, 2.45) is 5.73 Å². The number of nitrogens with two attached hydrogens (primary N) is 1. The zero-order valence-electron chi connectivity index (χ0n) is 16.6. The largest absolute Gasteiger partial charge is 0.382 e. The Morgan fingerprint density at radius 2 is 2.07 bits per heavy atom. The summed E-state index contributed by atoms with van der Waals surface area (Å²) in [7, 11) is 0. The molecule has 0 radical (unpaired) electrons. The smallest absolute Gasteiger partial charge is 0.131 e. The van der Waals surface area contributed by atoms with Crippen LogP contribution in [0.3, 0.4) is 0 Å². The lowest BCUT2D eigenvalue weighted by molar-refractivity contribution is -0.0461. The van der Waals surface area contributed by atoms with Crippen molar-refractivity contribution in [2.75, 3.05) is 42.3 Å². The van der Waals surface area contributed by atoms with Gasteiger partial charge in [0, 0.05) is 47.4 Å². The van der Waals surface area contributed by atoms with E-state index in [0.29, 0.717) is 19.8 Å². The first-order valence-corrected chi connectivity index (χ1v) is 11.1. The SMILES string of the molecule is Cc1ccc2nc(N3CCSc4ccccc4C3)cc(NCC3(N)COC3)c2c1. The second kappa shape index (κ2) is 7.52. The van der Waals surface area contributed by atoms with Crippen LogP contribution in [0.4, 0.5) is 11.5 Å². The summed E-state index contributed by atoms with van der Waals surface area (Å²) in [5, 5.41) is 4.74. The molecule has 0 spiro atoms. The standard InChI is InChI=1S/C23H26N4OS/c1-16-6-7-19-18(10-16)20(25-13-23(24)14-28-15-23)11-22(26-19)27-8-9-29-21-5-3-2-4-17(21)12-27/h2-7,10-11H,8-9,12-15,24H2,1H3,(H,25,26). The van der Waals surface area contributed by atoms with Gasteiger partial charge >= 0.3 is 0 Å². The fourth-order valence-corrected chi connectivity index (χ4v) is 4.92. The molecule has 6 heteroatoms. The number of rotatable bonds is 4. The number of thioether (sulfide) groups is 1. The molecule has 1 fully saturated rings. The molecule has 3 heterocycles. The number of ether oxygens (including phenoxy) is 1. The zero-order valence-corrected chi connectivity index (χ0v) is 17.5. The van der Waals surface area contributed by atoms with Crippen LogP contribution in [0, 0.1) is 6.92 Å². The highest BCUT2D eigenvalue weighted by Gasteiger charge is 2.34.